The Morgan fingerprint density at radius 2 is 1.71 bits per heavy atom. The van der Waals surface area contributed by atoms with Gasteiger partial charge in [0.15, 0.2) is 14.9 Å². The van der Waals surface area contributed by atoms with Crippen molar-refractivity contribution in [1.29, 1.82) is 0 Å². The summed E-state index contributed by atoms with van der Waals surface area (Å²) in [6.45, 7) is 3.25. The van der Waals surface area contributed by atoms with E-state index in [4.69, 9.17) is 15.5 Å². The molecule has 2 aromatic rings. The maximum Gasteiger partial charge on any atom is 0.228 e. The van der Waals surface area contributed by atoms with E-state index in [0.29, 0.717) is 55.6 Å². The topological polar surface area (TPSA) is 104 Å². The molecule has 2 N–H and O–H groups in total. The number of hydrogen-bond acceptors (Lipinski definition) is 5. The molecule has 0 unspecified atom stereocenters. The molecule has 1 aromatic carbocycles. The van der Waals surface area contributed by atoms with Gasteiger partial charge in [0.25, 0.3) is 0 Å². The molecule has 3 aliphatic rings. The Kier molecular flexibility index (Phi) is 5.88. The van der Waals surface area contributed by atoms with Gasteiger partial charge in [0.1, 0.15) is 11.4 Å². The summed E-state index contributed by atoms with van der Waals surface area (Å²) in [6, 6.07) is 9.77. The molecule has 0 aliphatic heterocycles. The highest BCUT2D eigenvalue weighted by molar-refractivity contribution is 7.90. The molecule has 7 nitrogen and oxygen atoms in total. The first-order chi connectivity index (χ1) is 16.1. The predicted octanol–water partition coefficient (Wildman–Crippen LogP) is 3.62. The van der Waals surface area contributed by atoms with E-state index >= 15 is 0 Å². The molecule has 0 spiro atoms. The van der Waals surface area contributed by atoms with E-state index in [2.05, 4.69) is 4.57 Å². The number of benzene rings is 1. The van der Waals surface area contributed by atoms with Crippen molar-refractivity contribution < 1.29 is 17.9 Å². The van der Waals surface area contributed by atoms with Crippen molar-refractivity contribution >= 4 is 15.7 Å². The molecule has 1 amide bonds. The minimum atomic E-state index is -3.48. The van der Waals surface area contributed by atoms with Crippen LogP contribution in [0.5, 0.6) is 0 Å². The Morgan fingerprint density at radius 1 is 1.09 bits per heavy atom. The molecule has 1 heterocycles. The normalized spacial score (nSPS) is 27.6. The summed E-state index contributed by atoms with van der Waals surface area (Å²) in [5.74, 6) is 1.50. The minimum absolute atomic E-state index is 0.146. The van der Waals surface area contributed by atoms with Gasteiger partial charge in [-0.05, 0) is 75.7 Å². The van der Waals surface area contributed by atoms with E-state index < -0.39 is 20.9 Å². The largest absolute Gasteiger partial charge is 0.369 e. The van der Waals surface area contributed by atoms with Gasteiger partial charge in [-0.15, -0.1) is 0 Å². The lowest BCUT2D eigenvalue weighted by Gasteiger charge is -2.45. The predicted molar refractivity (Wildman–Crippen MR) is 129 cm³/mol. The van der Waals surface area contributed by atoms with Crippen LogP contribution in [0, 0.1) is 18.8 Å². The van der Waals surface area contributed by atoms with E-state index in [0.717, 1.165) is 37.8 Å². The van der Waals surface area contributed by atoms with Crippen LogP contribution in [-0.4, -0.2) is 36.7 Å². The maximum atomic E-state index is 12.8. The Balaban J connectivity index is 1.56. The fourth-order valence-corrected chi connectivity index (χ4v) is 6.40. The van der Waals surface area contributed by atoms with E-state index in [1.54, 1.807) is 0 Å². The number of sulfone groups is 1. The van der Waals surface area contributed by atoms with Gasteiger partial charge >= 0.3 is 0 Å². The number of carbonyl (C=O) groups is 1. The fourth-order valence-electron chi connectivity index (χ4n) is 5.50. The molecule has 0 atom stereocenters. The molecule has 3 fully saturated rings. The van der Waals surface area contributed by atoms with Gasteiger partial charge in [-0.1, -0.05) is 30.3 Å². The van der Waals surface area contributed by atoms with E-state index in [1.165, 1.54) is 6.26 Å². The SMILES string of the molecule is Cc1c(S(C)(=O)=O)nc(C2(OCC3CC3)CCC(C(N)=O)(c3ccccc3)CC2)n1CC1CC1. The van der Waals surface area contributed by atoms with Gasteiger partial charge in [0.2, 0.25) is 5.91 Å². The first-order valence-electron chi connectivity index (χ1n) is 12.4. The van der Waals surface area contributed by atoms with Crippen LogP contribution < -0.4 is 5.73 Å². The van der Waals surface area contributed by atoms with Gasteiger partial charge in [0.05, 0.1) is 17.7 Å². The minimum Gasteiger partial charge on any atom is -0.369 e. The number of primary amides is 1. The van der Waals surface area contributed by atoms with Crippen LogP contribution in [0.2, 0.25) is 0 Å². The number of nitrogens with two attached hydrogens (primary N) is 1. The number of carbonyl (C=O) groups excluding carboxylic acids is 1. The van der Waals surface area contributed by atoms with E-state index in [1.807, 2.05) is 37.3 Å². The molecular formula is C26H35N3O4S. The van der Waals surface area contributed by atoms with Crippen LogP contribution in [0.25, 0.3) is 0 Å². The van der Waals surface area contributed by atoms with Gasteiger partial charge < -0.3 is 15.0 Å². The summed E-state index contributed by atoms with van der Waals surface area (Å²) in [4.78, 5) is 17.5. The highest BCUT2D eigenvalue weighted by Crippen LogP contribution is 2.50. The molecule has 1 aromatic heterocycles. The number of hydrogen-bond donors (Lipinski definition) is 1. The number of ether oxygens (including phenoxy) is 1. The van der Waals surface area contributed by atoms with E-state index in [-0.39, 0.29) is 10.9 Å². The monoisotopic (exact) mass is 485 g/mol. The average Bonchev–Trinajstić information content (AvgIpc) is 3.73. The number of rotatable bonds is 9. The number of nitrogens with zero attached hydrogens (tertiary/aromatic N) is 2. The molecule has 3 saturated carbocycles. The second-order valence-corrected chi connectivity index (χ2v) is 12.6. The highest BCUT2D eigenvalue weighted by atomic mass is 32.2. The molecule has 0 radical (unpaired) electrons. The zero-order chi connectivity index (χ0) is 24.1. The first-order valence-corrected chi connectivity index (χ1v) is 14.3. The van der Waals surface area contributed by atoms with Crippen LogP contribution in [0.15, 0.2) is 35.4 Å². The van der Waals surface area contributed by atoms with Gasteiger partial charge in [-0.25, -0.2) is 13.4 Å². The maximum absolute atomic E-state index is 12.8. The van der Waals surface area contributed by atoms with E-state index in [9.17, 15) is 13.2 Å². The molecular weight excluding hydrogens is 450 g/mol. The van der Waals surface area contributed by atoms with Crippen molar-refractivity contribution in [3.05, 3.63) is 47.4 Å². The first kappa shape index (κ1) is 23.5. The van der Waals surface area contributed by atoms with Crippen molar-refractivity contribution in [1.82, 2.24) is 9.55 Å². The van der Waals surface area contributed by atoms with Crippen molar-refractivity contribution in [3.8, 4) is 0 Å². The van der Waals surface area contributed by atoms with Gasteiger partial charge in [-0.3, -0.25) is 4.79 Å². The second kappa shape index (κ2) is 8.48. The summed E-state index contributed by atoms with van der Waals surface area (Å²) in [7, 11) is -3.48. The van der Waals surface area contributed by atoms with Gasteiger partial charge in [0, 0.05) is 12.8 Å². The second-order valence-electron chi connectivity index (χ2n) is 10.7. The van der Waals surface area contributed by atoms with Crippen molar-refractivity contribution in [2.24, 2.45) is 17.6 Å². The van der Waals surface area contributed by atoms with Crippen molar-refractivity contribution in [2.45, 2.75) is 80.9 Å². The number of imidazole rings is 1. The number of amides is 1. The Labute approximate surface area is 202 Å². The molecule has 184 valence electrons. The van der Waals surface area contributed by atoms with Crippen LogP contribution in [0.4, 0.5) is 0 Å². The van der Waals surface area contributed by atoms with Crippen LogP contribution in [-0.2, 0) is 36.9 Å². The van der Waals surface area contributed by atoms with Crippen LogP contribution in [0.3, 0.4) is 0 Å². The summed E-state index contributed by atoms with van der Waals surface area (Å²) < 4.78 is 33.9. The lowest BCUT2D eigenvalue weighted by Crippen LogP contribution is -2.49. The summed E-state index contributed by atoms with van der Waals surface area (Å²) >= 11 is 0. The molecule has 5 rings (SSSR count). The van der Waals surface area contributed by atoms with Crippen LogP contribution >= 0.6 is 0 Å². The van der Waals surface area contributed by atoms with Crippen LogP contribution in [0.1, 0.15) is 68.4 Å². The highest BCUT2D eigenvalue weighted by Gasteiger charge is 2.51. The van der Waals surface area contributed by atoms with Crippen molar-refractivity contribution in [2.75, 3.05) is 12.9 Å². The third kappa shape index (κ3) is 4.31. The smallest absolute Gasteiger partial charge is 0.228 e. The lowest BCUT2D eigenvalue weighted by atomic mass is 9.64. The zero-order valence-electron chi connectivity index (χ0n) is 20.1. The molecule has 34 heavy (non-hydrogen) atoms. The zero-order valence-corrected chi connectivity index (χ0v) is 20.9. The Bertz CT molecular complexity index is 1170. The third-order valence-corrected chi connectivity index (χ3v) is 9.16. The Morgan fingerprint density at radius 3 is 2.24 bits per heavy atom. The Hall–Kier alpha value is -2.19. The quantitative estimate of drug-likeness (QED) is 0.584. The molecule has 8 heteroatoms. The molecule has 3 aliphatic carbocycles. The molecule has 0 saturated heterocycles. The van der Waals surface area contributed by atoms with Crippen molar-refractivity contribution in [3.63, 3.8) is 0 Å². The van der Waals surface area contributed by atoms with Gasteiger partial charge in [-0.2, -0.15) is 0 Å². The molecule has 0 bridgehead atoms. The summed E-state index contributed by atoms with van der Waals surface area (Å²) in [5, 5.41) is 0.146. The third-order valence-electron chi connectivity index (χ3n) is 8.08. The summed E-state index contributed by atoms with van der Waals surface area (Å²) in [5.41, 5.74) is 6.15. The fraction of sp³-hybridized carbons (Fsp3) is 0.615. The number of aromatic nitrogens is 2. The lowest BCUT2D eigenvalue weighted by molar-refractivity contribution is -0.133. The average molecular weight is 486 g/mol. The summed E-state index contributed by atoms with van der Waals surface area (Å²) in [6.07, 6.45) is 8.08. The standard InChI is InChI=1S/C26H35N3O4S/c1-18-22(34(2,31)32)28-24(29(18)16-19-8-9-19)26(33-17-20-10-11-20)14-12-25(13-15-26,23(27)30)21-6-4-3-5-7-21/h3-7,19-20H,8-17H2,1-2H3,(H2,27,30).